The molecule has 0 fully saturated rings. The Bertz CT molecular complexity index is 981. The number of rotatable bonds is 5. The van der Waals surface area contributed by atoms with Crippen LogP contribution in [0.5, 0.6) is 0 Å². The van der Waals surface area contributed by atoms with Gasteiger partial charge in [-0.05, 0) is 24.3 Å². The van der Waals surface area contributed by atoms with Gasteiger partial charge in [0.25, 0.3) is 0 Å². The van der Waals surface area contributed by atoms with Crippen LogP contribution in [0.4, 0.5) is 5.69 Å². The van der Waals surface area contributed by atoms with Crippen molar-refractivity contribution < 1.29 is 0 Å². The molecule has 124 valence electrons. The average molecular weight is 385 g/mol. The van der Waals surface area contributed by atoms with Crippen LogP contribution in [-0.4, -0.2) is 15.0 Å². The molecule has 7 heteroatoms. The Hall–Kier alpha value is -2.28. The highest BCUT2D eigenvalue weighted by molar-refractivity contribution is 7.15. The minimum absolute atomic E-state index is 0.566. The Kier molecular flexibility index (Phi) is 4.74. The Morgan fingerprint density at radius 3 is 2.80 bits per heavy atom. The summed E-state index contributed by atoms with van der Waals surface area (Å²) in [5, 5.41) is 6.45. The average Bonchev–Trinajstić information content (AvgIpc) is 3.30. The molecule has 4 aromatic rings. The maximum absolute atomic E-state index is 5.87. The molecule has 0 amide bonds. The number of benzene rings is 1. The van der Waals surface area contributed by atoms with Crippen molar-refractivity contribution in [1.29, 1.82) is 0 Å². The van der Waals surface area contributed by atoms with Crippen LogP contribution in [0.2, 0.25) is 4.47 Å². The molecule has 4 nitrogen and oxygen atoms in total. The number of aromatic nitrogens is 3. The van der Waals surface area contributed by atoms with E-state index in [2.05, 4.69) is 32.8 Å². The lowest BCUT2D eigenvalue weighted by Crippen LogP contribution is -1.97. The fourth-order valence-corrected chi connectivity index (χ4v) is 4.11. The summed E-state index contributed by atoms with van der Waals surface area (Å²) >= 11 is 8.98. The summed E-state index contributed by atoms with van der Waals surface area (Å²) < 4.78 is 0.566. The minimum Gasteiger partial charge on any atom is -0.380 e. The number of nitrogens with zero attached hydrogens (tertiary/aromatic N) is 3. The third-order valence-corrected chi connectivity index (χ3v) is 5.57. The maximum atomic E-state index is 5.87. The van der Waals surface area contributed by atoms with Gasteiger partial charge in [-0.3, -0.25) is 4.98 Å². The van der Waals surface area contributed by atoms with Crippen molar-refractivity contribution in [2.24, 2.45) is 0 Å². The van der Waals surface area contributed by atoms with E-state index in [1.165, 1.54) is 11.3 Å². The molecule has 3 aromatic heterocycles. The van der Waals surface area contributed by atoms with Crippen LogP contribution in [0.25, 0.3) is 21.8 Å². The third-order valence-electron chi connectivity index (χ3n) is 3.56. The van der Waals surface area contributed by atoms with E-state index in [0.717, 1.165) is 32.4 Å². The fraction of sp³-hybridized carbons (Fsp3) is 0.0556. The largest absolute Gasteiger partial charge is 0.380 e. The summed E-state index contributed by atoms with van der Waals surface area (Å²) in [6, 6.07) is 12.2. The standard InChI is InChI=1S/C18H13ClN4S2/c19-18-22-10-15(25-18)9-21-14-5-1-3-12(7-14)17-23-16(11-24-17)13-4-2-6-20-8-13/h1-8,10-11,21H,9H2. The lowest BCUT2D eigenvalue weighted by Gasteiger charge is -2.06. The molecule has 3 heterocycles. The van der Waals surface area contributed by atoms with Crippen molar-refractivity contribution in [3.63, 3.8) is 0 Å². The SMILES string of the molecule is Clc1ncc(CNc2cccc(-c3nc(-c4cccnc4)cs3)c2)s1. The second-order valence-electron chi connectivity index (χ2n) is 5.29. The molecule has 0 atom stereocenters. The van der Waals surface area contributed by atoms with Gasteiger partial charge in [0.1, 0.15) is 5.01 Å². The molecule has 0 saturated heterocycles. The minimum atomic E-state index is 0.566. The number of nitrogens with one attached hydrogen (secondary N) is 1. The summed E-state index contributed by atoms with van der Waals surface area (Å²) in [6.07, 6.45) is 5.39. The molecular weight excluding hydrogens is 372 g/mol. The van der Waals surface area contributed by atoms with Crippen LogP contribution in [-0.2, 0) is 6.54 Å². The lowest BCUT2D eigenvalue weighted by molar-refractivity contribution is 1.17. The summed E-state index contributed by atoms with van der Waals surface area (Å²) in [6.45, 7) is 0.701. The fourth-order valence-electron chi connectivity index (χ4n) is 2.37. The van der Waals surface area contributed by atoms with Crippen molar-refractivity contribution in [3.8, 4) is 21.8 Å². The van der Waals surface area contributed by atoms with Crippen molar-refractivity contribution in [3.05, 3.63) is 69.7 Å². The number of anilines is 1. The molecular formula is C18H13ClN4S2. The summed E-state index contributed by atoms with van der Waals surface area (Å²) in [4.78, 5) is 14.0. The third kappa shape index (κ3) is 3.87. The van der Waals surface area contributed by atoms with Crippen molar-refractivity contribution >= 4 is 40.0 Å². The van der Waals surface area contributed by atoms with E-state index < -0.39 is 0 Å². The Balaban J connectivity index is 1.52. The number of hydrogen-bond acceptors (Lipinski definition) is 6. The highest BCUT2D eigenvalue weighted by atomic mass is 35.5. The van der Waals surface area contributed by atoms with Crippen molar-refractivity contribution in [2.75, 3.05) is 5.32 Å². The smallest absolute Gasteiger partial charge is 0.183 e. The van der Waals surface area contributed by atoms with Crippen LogP contribution in [0.1, 0.15) is 4.88 Å². The summed E-state index contributed by atoms with van der Waals surface area (Å²) in [7, 11) is 0. The topological polar surface area (TPSA) is 50.7 Å². The Morgan fingerprint density at radius 2 is 2.00 bits per heavy atom. The number of thiazole rings is 2. The van der Waals surface area contributed by atoms with Gasteiger partial charge in [-0.2, -0.15) is 0 Å². The van der Waals surface area contributed by atoms with E-state index in [9.17, 15) is 0 Å². The quantitative estimate of drug-likeness (QED) is 0.487. The molecule has 0 saturated carbocycles. The molecule has 0 unspecified atom stereocenters. The van der Waals surface area contributed by atoms with Crippen molar-refractivity contribution in [1.82, 2.24) is 15.0 Å². The van der Waals surface area contributed by atoms with E-state index in [1.54, 1.807) is 23.7 Å². The molecule has 0 spiro atoms. The highest BCUT2D eigenvalue weighted by Crippen LogP contribution is 2.30. The van der Waals surface area contributed by atoms with Crippen LogP contribution in [0.15, 0.2) is 60.4 Å². The van der Waals surface area contributed by atoms with Gasteiger partial charge >= 0.3 is 0 Å². The number of hydrogen-bond donors (Lipinski definition) is 1. The second kappa shape index (κ2) is 7.31. The van der Waals surface area contributed by atoms with Gasteiger partial charge in [-0.25, -0.2) is 9.97 Å². The van der Waals surface area contributed by atoms with Gasteiger partial charge in [-0.15, -0.1) is 22.7 Å². The van der Waals surface area contributed by atoms with Gasteiger partial charge in [0.15, 0.2) is 4.47 Å². The molecule has 1 N–H and O–H groups in total. The second-order valence-corrected chi connectivity index (χ2v) is 7.85. The van der Waals surface area contributed by atoms with Gasteiger partial charge in [-0.1, -0.05) is 23.7 Å². The van der Waals surface area contributed by atoms with Gasteiger partial charge in [0.2, 0.25) is 0 Å². The lowest BCUT2D eigenvalue weighted by atomic mass is 10.2. The number of halogens is 1. The first-order valence-electron chi connectivity index (χ1n) is 7.58. The van der Waals surface area contributed by atoms with Gasteiger partial charge < -0.3 is 5.32 Å². The maximum Gasteiger partial charge on any atom is 0.183 e. The Morgan fingerprint density at radius 1 is 1.08 bits per heavy atom. The molecule has 0 radical (unpaired) electrons. The van der Waals surface area contributed by atoms with E-state index in [4.69, 9.17) is 16.6 Å². The molecule has 0 aliphatic carbocycles. The molecule has 0 bridgehead atoms. The van der Waals surface area contributed by atoms with E-state index in [1.807, 2.05) is 30.5 Å². The number of pyridine rings is 1. The first-order valence-corrected chi connectivity index (χ1v) is 9.66. The molecule has 4 rings (SSSR count). The predicted molar refractivity (Wildman–Crippen MR) is 105 cm³/mol. The van der Waals surface area contributed by atoms with Gasteiger partial charge in [0.05, 0.1) is 12.2 Å². The monoisotopic (exact) mass is 384 g/mol. The zero-order valence-electron chi connectivity index (χ0n) is 13.0. The van der Waals surface area contributed by atoms with E-state index in [-0.39, 0.29) is 0 Å². The molecule has 1 aromatic carbocycles. The first kappa shape index (κ1) is 16.2. The van der Waals surface area contributed by atoms with Gasteiger partial charge in [0, 0.05) is 45.7 Å². The summed E-state index contributed by atoms with van der Waals surface area (Å²) in [5.41, 5.74) is 4.11. The molecule has 0 aliphatic rings. The van der Waals surface area contributed by atoms with E-state index >= 15 is 0 Å². The van der Waals surface area contributed by atoms with Crippen LogP contribution >= 0.6 is 34.3 Å². The summed E-state index contributed by atoms with van der Waals surface area (Å²) in [5.74, 6) is 0. The normalized spacial score (nSPS) is 10.8. The predicted octanol–water partition coefficient (Wildman–Crippen LogP) is 5.59. The molecule has 25 heavy (non-hydrogen) atoms. The highest BCUT2D eigenvalue weighted by Gasteiger charge is 2.07. The van der Waals surface area contributed by atoms with Crippen LogP contribution < -0.4 is 5.32 Å². The molecule has 0 aliphatic heterocycles. The van der Waals surface area contributed by atoms with Crippen LogP contribution in [0, 0.1) is 0 Å². The first-order chi connectivity index (χ1) is 12.3. The zero-order valence-corrected chi connectivity index (χ0v) is 15.4. The van der Waals surface area contributed by atoms with Crippen molar-refractivity contribution in [2.45, 2.75) is 6.54 Å². The van der Waals surface area contributed by atoms with Crippen LogP contribution in [0.3, 0.4) is 0 Å². The Labute approximate surface area is 158 Å². The van der Waals surface area contributed by atoms with E-state index in [0.29, 0.717) is 11.0 Å². The zero-order chi connectivity index (χ0) is 17.1.